The quantitative estimate of drug-likeness (QED) is 0.867. The molecule has 0 aliphatic carbocycles. The third-order valence-corrected chi connectivity index (χ3v) is 3.54. The van der Waals surface area contributed by atoms with Crippen LogP contribution < -0.4 is 10.2 Å². The minimum absolute atomic E-state index is 0.108. The summed E-state index contributed by atoms with van der Waals surface area (Å²) in [7, 11) is 0. The summed E-state index contributed by atoms with van der Waals surface area (Å²) >= 11 is 3.36. The molecule has 2 amide bonds. The second kappa shape index (κ2) is 5.52. The van der Waals surface area contributed by atoms with E-state index in [4.69, 9.17) is 0 Å². The van der Waals surface area contributed by atoms with Crippen LogP contribution in [0.5, 0.6) is 0 Å². The second-order valence-electron chi connectivity index (χ2n) is 4.20. The van der Waals surface area contributed by atoms with Crippen LogP contribution in [-0.2, 0) is 9.59 Å². The minimum Gasteiger partial charge on any atom is -0.356 e. The monoisotopic (exact) mass is 310 g/mol. The number of amides is 2. The summed E-state index contributed by atoms with van der Waals surface area (Å²) in [5, 5.41) is 2.71. The molecule has 0 radical (unpaired) electrons. The molecule has 0 bridgehead atoms. The van der Waals surface area contributed by atoms with Gasteiger partial charge >= 0.3 is 0 Å². The van der Waals surface area contributed by atoms with Crippen LogP contribution in [0.25, 0.3) is 0 Å². The van der Waals surface area contributed by atoms with Crippen LogP contribution in [0, 0.1) is 5.92 Å². The predicted octanol–water partition coefficient (Wildman–Crippen LogP) is 1.94. The van der Waals surface area contributed by atoms with Crippen LogP contribution in [0.3, 0.4) is 0 Å². The number of benzene rings is 1. The minimum atomic E-state index is -0.534. The van der Waals surface area contributed by atoms with E-state index in [9.17, 15) is 9.59 Å². The van der Waals surface area contributed by atoms with E-state index in [2.05, 4.69) is 21.2 Å². The number of nitrogens with one attached hydrogen (secondary N) is 1. The average molecular weight is 311 g/mol. The number of nitrogens with zero attached hydrogens (tertiary/aromatic N) is 1. The Morgan fingerprint density at radius 2 is 2.11 bits per heavy atom. The summed E-state index contributed by atoms with van der Waals surface area (Å²) in [5.74, 6) is -0.806. The zero-order chi connectivity index (χ0) is 13.1. The molecular formula is C13H15BrN2O2. The zero-order valence-electron chi connectivity index (χ0n) is 10.1. The SMILES string of the molecule is CCNC(=O)C1CCN(c2ccc(Br)cc2)C1=O. The van der Waals surface area contributed by atoms with Crippen molar-refractivity contribution >= 4 is 33.4 Å². The summed E-state index contributed by atoms with van der Waals surface area (Å²) in [6, 6.07) is 7.54. The number of carbonyl (C=O) groups is 2. The van der Waals surface area contributed by atoms with E-state index in [0.717, 1.165) is 10.2 Å². The van der Waals surface area contributed by atoms with Gasteiger partial charge in [0.15, 0.2) is 0 Å². The number of halogens is 1. The maximum Gasteiger partial charge on any atom is 0.239 e. The van der Waals surface area contributed by atoms with Gasteiger partial charge in [-0.15, -0.1) is 0 Å². The number of anilines is 1. The molecule has 18 heavy (non-hydrogen) atoms. The summed E-state index contributed by atoms with van der Waals surface area (Å²) in [5.41, 5.74) is 0.843. The van der Waals surface area contributed by atoms with Gasteiger partial charge in [-0.3, -0.25) is 9.59 Å². The molecule has 0 spiro atoms. The van der Waals surface area contributed by atoms with Gasteiger partial charge in [0.05, 0.1) is 0 Å². The molecule has 5 heteroatoms. The molecular weight excluding hydrogens is 296 g/mol. The van der Waals surface area contributed by atoms with Gasteiger partial charge in [0, 0.05) is 23.2 Å². The van der Waals surface area contributed by atoms with Gasteiger partial charge in [-0.2, -0.15) is 0 Å². The highest BCUT2D eigenvalue weighted by molar-refractivity contribution is 9.10. The van der Waals surface area contributed by atoms with Crippen molar-refractivity contribution < 1.29 is 9.59 Å². The van der Waals surface area contributed by atoms with Gasteiger partial charge in [-0.05, 0) is 37.6 Å². The van der Waals surface area contributed by atoms with Gasteiger partial charge in [0.1, 0.15) is 5.92 Å². The fourth-order valence-electron chi connectivity index (χ4n) is 2.10. The first-order valence-electron chi connectivity index (χ1n) is 5.98. The Balaban J connectivity index is 2.12. The van der Waals surface area contributed by atoms with Gasteiger partial charge in [0.2, 0.25) is 11.8 Å². The van der Waals surface area contributed by atoms with E-state index >= 15 is 0 Å². The first kappa shape index (κ1) is 13.1. The van der Waals surface area contributed by atoms with Gasteiger partial charge in [0.25, 0.3) is 0 Å². The van der Waals surface area contributed by atoms with E-state index in [0.29, 0.717) is 19.5 Å². The van der Waals surface area contributed by atoms with E-state index in [1.807, 2.05) is 31.2 Å². The number of rotatable bonds is 3. The Bertz CT molecular complexity index is 459. The lowest BCUT2D eigenvalue weighted by Crippen LogP contribution is -2.36. The molecule has 4 nitrogen and oxygen atoms in total. The molecule has 2 rings (SSSR count). The van der Waals surface area contributed by atoms with E-state index in [1.165, 1.54) is 0 Å². The van der Waals surface area contributed by atoms with E-state index in [1.54, 1.807) is 4.90 Å². The van der Waals surface area contributed by atoms with E-state index in [-0.39, 0.29) is 11.8 Å². The van der Waals surface area contributed by atoms with Crippen molar-refractivity contribution in [3.63, 3.8) is 0 Å². The molecule has 96 valence electrons. The van der Waals surface area contributed by atoms with Crippen LogP contribution in [0.1, 0.15) is 13.3 Å². The fraction of sp³-hybridized carbons (Fsp3) is 0.385. The Labute approximate surface area is 114 Å². The van der Waals surface area contributed by atoms with Gasteiger partial charge in [-0.1, -0.05) is 15.9 Å². The molecule has 1 aromatic rings. The zero-order valence-corrected chi connectivity index (χ0v) is 11.7. The highest BCUT2D eigenvalue weighted by Gasteiger charge is 2.37. The van der Waals surface area contributed by atoms with Gasteiger partial charge in [-0.25, -0.2) is 0 Å². The molecule has 0 saturated carbocycles. The maximum absolute atomic E-state index is 12.2. The normalized spacial score (nSPS) is 19.1. The predicted molar refractivity (Wildman–Crippen MR) is 73.3 cm³/mol. The summed E-state index contributed by atoms with van der Waals surface area (Å²) in [6.45, 7) is 3.01. The van der Waals surface area contributed by atoms with Crippen LogP contribution in [0.4, 0.5) is 5.69 Å². The highest BCUT2D eigenvalue weighted by Crippen LogP contribution is 2.26. The lowest BCUT2D eigenvalue weighted by atomic mass is 10.1. The fourth-order valence-corrected chi connectivity index (χ4v) is 2.36. The van der Waals surface area contributed by atoms with Crippen LogP contribution in [0.2, 0.25) is 0 Å². The molecule has 1 atom stereocenters. The van der Waals surface area contributed by atoms with Crippen molar-refractivity contribution in [2.24, 2.45) is 5.92 Å². The Morgan fingerprint density at radius 1 is 1.44 bits per heavy atom. The number of carbonyl (C=O) groups excluding carboxylic acids is 2. The Hall–Kier alpha value is -1.36. The summed E-state index contributed by atoms with van der Waals surface area (Å²) < 4.78 is 0.971. The summed E-state index contributed by atoms with van der Waals surface area (Å²) in [6.07, 6.45) is 0.584. The molecule has 1 aliphatic rings. The molecule has 1 fully saturated rings. The van der Waals surface area contributed by atoms with Crippen molar-refractivity contribution in [2.45, 2.75) is 13.3 Å². The standard InChI is InChI=1S/C13H15BrN2O2/c1-2-15-12(17)11-7-8-16(13(11)18)10-5-3-9(14)4-6-10/h3-6,11H,2,7-8H2,1H3,(H,15,17). The third kappa shape index (κ3) is 2.56. The smallest absolute Gasteiger partial charge is 0.239 e. The molecule has 1 saturated heterocycles. The topological polar surface area (TPSA) is 49.4 Å². The van der Waals surface area contributed by atoms with Crippen molar-refractivity contribution in [2.75, 3.05) is 18.0 Å². The lowest BCUT2D eigenvalue weighted by molar-refractivity contribution is -0.132. The molecule has 1 N–H and O–H groups in total. The average Bonchev–Trinajstić information content (AvgIpc) is 2.73. The maximum atomic E-state index is 12.2. The summed E-state index contributed by atoms with van der Waals surface area (Å²) in [4.78, 5) is 25.6. The number of hydrogen-bond acceptors (Lipinski definition) is 2. The molecule has 1 aromatic carbocycles. The highest BCUT2D eigenvalue weighted by atomic mass is 79.9. The van der Waals surface area contributed by atoms with E-state index < -0.39 is 5.92 Å². The van der Waals surface area contributed by atoms with Crippen molar-refractivity contribution in [1.29, 1.82) is 0 Å². The lowest BCUT2D eigenvalue weighted by Gasteiger charge is -2.16. The molecule has 0 aromatic heterocycles. The van der Waals surface area contributed by atoms with Crippen LogP contribution >= 0.6 is 15.9 Å². The largest absolute Gasteiger partial charge is 0.356 e. The van der Waals surface area contributed by atoms with Crippen molar-refractivity contribution in [1.82, 2.24) is 5.32 Å². The molecule has 1 heterocycles. The Morgan fingerprint density at radius 3 is 2.72 bits per heavy atom. The van der Waals surface area contributed by atoms with Crippen LogP contribution in [0.15, 0.2) is 28.7 Å². The van der Waals surface area contributed by atoms with Gasteiger partial charge < -0.3 is 10.2 Å². The van der Waals surface area contributed by atoms with Crippen molar-refractivity contribution in [3.05, 3.63) is 28.7 Å². The second-order valence-corrected chi connectivity index (χ2v) is 5.12. The first-order valence-corrected chi connectivity index (χ1v) is 6.77. The van der Waals surface area contributed by atoms with Crippen LogP contribution in [-0.4, -0.2) is 24.9 Å². The first-order chi connectivity index (χ1) is 8.63. The number of hydrogen-bond donors (Lipinski definition) is 1. The van der Waals surface area contributed by atoms with Crippen molar-refractivity contribution in [3.8, 4) is 0 Å². The third-order valence-electron chi connectivity index (χ3n) is 3.01. The molecule has 1 unspecified atom stereocenters. The molecule has 1 aliphatic heterocycles. The Kier molecular flexibility index (Phi) is 4.01.